The van der Waals surface area contributed by atoms with Crippen molar-refractivity contribution in [2.24, 2.45) is 0 Å². The van der Waals surface area contributed by atoms with Crippen LogP contribution in [-0.4, -0.2) is 25.8 Å². The van der Waals surface area contributed by atoms with Gasteiger partial charge >= 0.3 is 0 Å². The molecule has 124 valence electrons. The topological polar surface area (TPSA) is 28.5 Å². The van der Waals surface area contributed by atoms with Crippen molar-refractivity contribution in [1.29, 1.82) is 0 Å². The SMILES string of the molecule is CC(C)c1ccc(NC(=S)NC[C@H](c2cccs2)[NH+](C)C)cc1. The maximum Gasteiger partial charge on any atom is 0.171 e. The molecule has 0 bridgehead atoms. The molecule has 1 aromatic heterocycles. The number of hydrogen-bond donors (Lipinski definition) is 3. The molecule has 1 aromatic carbocycles. The van der Waals surface area contributed by atoms with Gasteiger partial charge in [-0.15, -0.1) is 11.3 Å². The van der Waals surface area contributed by atoms with Gasteiger partial charge in [0.1, 0.15) is 6.04 Å². The summed E-state index contributed by atoms with van der Waals surface area (Å²) in [6.07, 6.45) is 0. The van der Waals surface area contributed by atoms with Crippen LogP contribution in [0.2, 0.25) is 0 Å². The maximum absolute atomic E-state index is 5.43. The van der Waals surface area contributed by atoms with Gasteiger partial charge in [-0.3, -0.25) is 0 Å². The third-order valence-electron chi connectivity index (χ3n) is 3.89. The first-order chi connectivity index (χ1) is 11.0. The largest absolute Gasteiger partial charge is 0.356 e. The van der Waals surface area contributed by atoms with Gasteiger partial charge in [0.2, 0.25) is 0 Å². The average molecular weight is 349 g/mol. The van der Waals surface area contributed by atoms with Gasteiger partial charge in [-0.1, -0.05) is 32.0 Å². The zero-order valence-electron chi connectivity index (χ0n) is 14.2. The number of thiophene rings is 1. The molecular formula is C18H26N3S2+. The summed E-state index contributed by atoms with van der Waals surface area (Å²) in [6.45, 7) is 5.21. The lowest BCUT2D eigenvalue weighted by atomic mass is 10.0. The molecule has 0 amide bonds. The Bertz CT molecular complexity index is 604. The van der Waals surface area contributed by atoms with E-state index in [0.717, 1.165) is 12.2 Å². The molecule has 3 N–H and O–H groups in total. The van der Waals surface area contributed by atoms with Gasteiger partial charge in [0.25, 0.3) is 0 Å². The monoisotopic (exact) mass is 348 g/mol. The van der Waals surface area contributed by atoms with Crippen molar-refractivity contribution < 1.29 is 4.90 Å². The first-order valence-electron chi connectivity index (χ1n) is 7.95. The molecular weight excluding hydrogens is 322 g/mol. The third kappa shape index (κ3) is 5.30. The van der Waals surface area contributed by atoms with Gasteiger partial charge in [0.15, 0.2) is 5.11 Å². The van der Waals surface area contributed by atoms with Crippen molar-refractivity contribution in [3.05, 3.63) is 52.2 Å². The molecule has 0 aliphatic carbocycles. The Balaban J connectivity index is 1.89. The molecule has 3 nitrogen and oxygen atoms in total. The number of quaternary nitrogens is 1. The third-order valence-corrected chi connectivity index (χ3v) is 5.12. The molecule has 5 heteroatoms. The van der Waals surface area contributed by atoms with Crippen LogP contribution in [0.5, 0.6) is 0 Å². The van der Waals surface area contributed by atoms with E-state index in [1.54, 1.807) is 11.3 Å². The molecule has 2 rings (SSSR count). The Morgan fingerprint density at radius 1 is 1.17 bits per heavy atom. The van der Waals surface area contributed by atoms with Crippen LogP contribution in [0.4, 0.5) is 5.69 Å². The van der Waals surface area contributed by atoms with E-state index < -0.39 is 0 Å². The molecule has 0 aliphatic heterocycles. The summed E-state index contributed by atoms with van der Waals surface area (Å²) >= 11 is 7.22. The predicted molar refractivity (Wildman–Crippen MR) is 105 cm³/mol. The van der Waals surface area contributed by atoms with Crippen LogP contribution in [0.25, 0.3) is 0 Å². The molecule has 0 saturated carbocycles. The maximum atomic E-state index is 5.43. The van der Waals surface area contributed by atoms with E-state index in [0.29, 0.717) is 17.1 Å². The van der Waals surface area contributed by atoms with Gasteiger partial charge in [0.05, 0.1) is 25.5 Å². The first-order valence-corrected chi connectivity index (χ1v) is 9.24. The molecule has 0 spiro atoms. The quantitative estimate of drug-likeness (QED) is 0.701. The highest BCUT2D eigenvalue weighted by molar-refractivity contribution is 7.80. The van der Waals surface area contributed by atoms with E-state index in [1.807, 2.05) is 0 Å². The standard InChI is InChI=1S/C18H25N3S2/c1-13(2)14-7-9-15(10-8-14)20-18(22)19-12-16(21(3)4)17-6-5-11-23-17/h5-11,13,16H,12H2,1-4H3,(H2,19,20,22)/p+1/t16-/m1/s1. The summed E-state index contributed by atoms with van der Waals surface area (Å²) in [4.78, 5) is 2.77. The second-order valence-electron chi connectivity index (χ2n) is 6.26. The van der Waals surface area contributed by atoms with E-state index in [4.69, 9.17) is 12.2 Å². The summed E-state index contributed by atoms with van der Waals surface area (Å²) in [6, 6.07) is 13.1. The summed E-state index contributed by atoms with van der Waals surface area (Å²) in [5.74, 6) is 0.545. The van der Waals surface area contributed by atoms with E-state index in [1.165, 1.54) is 15.3 Å². The van der Waals surface area contributed by atoms with Crippen LogP contribution < -0.4 is 15.5 Å². The molecule has 0 saturated heterocycles. The van der Waals surface area contributed by atoms with Gasteiger partial charge < -0.3 is 15.5 Å². The van der Waals surface area contributed by atoms with Crippen LogP contribution in [0, 0.1) is 0 Å². The smallest absolute Gasteiger partial charge is 0.171 e. The lowest BCUT2D eigenvalue weighted by Crippen LogP contribution is -3.06. The van der Waals surface area contributed by atoms with Crippen LogP contribution in [0.15, 0.2) is 41.8 Å². The van der Waals surface area contributed by atoms with Crippen LogP contribution in [-0.2, 0) is 0 Å². The van der Waals surface area contributed by atoms with E-state index in [9.17, 15) is 0 Å². The Kier molecular flexibility index (Phi) is 6.57. The Hall–Kier alpha value is -1.43. The fourth-order valence-electron chi connectivity index (χ4n) is 2.40. The molecule has 0 fully saturated rings. The second kappa shape index (κ2) is 8.43. The van der Waals surface area contributed by atoms with Crippen molar-refractivity contribution >= 4 is 34.4 Å². The highest BCUT2D eigenvalue weighted by Gasteiger charge is 2.18. The first kappa shape index (κ1) is 17.9. The molecule has 23 heavy (non-hydrogen) atoms. The summed E-state index contributed by atoms with van der Waals surface area (Å²) in [5, 5.41) is 9.40. The highest BCUT2D eigenvalue weighted by atomic mass is 32.1. The minimum Gasteiger partial charge on any atom is -0.356 e. The number of benzene rings is 1. The van der Waals surface area contributed by atoms with Gasteiger partial charge in [0, 0.05) is 5.69 Å². The van der Waals surface area contributed by atoms with Crippen LogP contribution >= 0.6 is 23.6 Å². The zero-order valence-corrected chi connectivity index (χ0v) is 15.9. The van der Waals surface area contributed by atoms with E-state index in [-0.39, 0.29) is 0 Å². The summed E-state index contributed by atoms with van der Waals surface area (Å²) in [7, 11) is 4.35. The van der Waals surface area contributed by atoms with Crippen molar-refractivity contribution in [3.63, 3.8) is 0 Å². The molecule has 0 radical (unpaired) electrons. The average Bonchev–Trinajstić information content (AvgIpc) is 3.01. The normalized spacial score (nSPS) is 12.4. The lowest BCUT2D eigenvalue weighted by molar-refractivity contribution is -0.890. The minimum absolute atomic E-state index is 0.401. The van der Waals surface area contributed by atoms with Crippen molar-refractivity contribution in [1.82, 2.24) is 5.32 Å². The van der Waals surface area contributed by atoms with Gasteiger partial charge in [-0.05, 0) is 47.3 Å². The van der Waals surface area contributed by atoms with E-state index >= 15 is 0 Å². The fraction of sp³-hybridized carbons (Fsp3) is 0.389. The van der Waals surface area contributed by atoms with Crippen LogP contribution in [0.1, 0.15) is 36.2 Å². The lowest BCUT2D eigenvalue weighted by Gasteiger charge is -2.21. The van der Waals surface area contributed by atoms with Gasteiger partial charge in [-0.25, -0.2) is 0 Å². The Morgan fingerprint density at radius 3 is 2.39 bits per heavy atom. The number of likely N-dealkylation sites (N-methyl/N-ethyl adjacent to an activating group) is 1. The number of anilines is 1. The fourth-order valence-corrected chi connectivity index (χ4v) is 3.56. The highest BCUT2D eigenvalue weighted by Crippen LogP contribution is 2.17. The zero-order chi connectivity index (χ0) is 16.8. The summed E-state index contributed by atoms with van der Waals surface area (Å²) in [5.41, 5.74) is 2.36. The Morgan fingerprint density at radius 2 is 1.87 bits per heavy atom. The number of hydrogen-bond acceptors (Lipinski definition) is 2. The Labute approximate surface area is 148 Å². The molecule has 1 heterocycles. The van der Waals surface area contributed by atoms with Crippen LogP contribution in [0.3, 0.4) is 0 Å². The number of nitrogens with one attached hydrogen (secondary N) is 3. The van der Waals surface area contributed by atoms with Crippen molar-refractivity contribution in [2.45, 2.75) is 25.8 Å². The molecule has 0 aliphatic rings. The molecule has 1 atom stereocenters. The minimum atomic E-state index is 0.401. The molecule has 2 aromatic rings. The van der Waals surface area contributed by atoms with Crippen molar-refractivity contribution in [3.8, 4) is 0 Å². The van der Waals surface area contributed by atoms with E-state index in [2.05, 4.69) is 80.4 Å². The summed E-state index contributed by atoms with van der Waals surface area (Å²) < 4.78 is 0. The number of rotatable bonds is 6. The molecule has 0 unspecified atom stereocenters. The number of thiocarbonyl (C=S) groups is 1. The van der Waals surface area contributed by atoms with Gasteiger partial charge in [-0.2, -0.15) is 0 Å². The van der Waals surface area contributed by atoms with Crippen molar-refractivity contribution in [2.75, 3.05) is 26.0 Å². The predicted octanol–water partition coefficient (Wildman–Crippen LogP) is 3.04. The second-order valence-corrected chi connectivity index (χ2v) is 7.64.